The average Bonchev–Trinajstić information content (AvgIpc) is 3.71. The van der Waals surface area contributed by atoms with Crippen LogP contribution in [0.2, 0.25) is 0 Å². The number of sulfonamides is 1. The van der Waals surface area contributed by atoms with Crippen LogP contribution in [-0.4, -0.2) is 55.8 Å². The minimum atomic E-state index is -3.54. The van der Waals surface area contributed by atoms with Crippen LogP contribution in [-0.2, 0) is 22.9 Å². The van der Waals surface area contributed by atoms with E-state index in [9.17, 15) is 13.2 Å². The molecule has 2 fully saturated rings. The van der Waals surface area contributed by atoms with Crippen molar-refractivity contribution in [2.45, 2.75) is 49.5 Å². The highest BCUT2D eigenvalue weighted by molar-refractivity contribution is 7.89. The molecule has 7 nitrogen and oxygen atoms in total. The van der Waals surface area contributed by atoms with E-state index in [1.165, 1.54) is 17.5 Å². The number of nitrogens with one attached hydrogen (secondary N) is 1. The molecule has 1 saturated heterocycles. The Kier molecular flexibility index (Phi) is 5.73. The zero-order valence-electron chi connectivity index (χ0n) is 19.7. The van der Waals surface area contributed by atoms with Crippen molar-refractivity contribution in [1.29, 1.82) is 0 Å². The fraction of sp³-hybridized carbons (Fsp3) is 0.407. The van der Waals surface area contributed by atoms with Gasteiger partial charge in [0.25, 0.3) is 5.91 Å². The Morgan fingerprint density at radius 1 is 0.914 bits per heavy atom. The van der Waals surface area contributed by atoms with Crippen molar-refractivity contribution >= 4 is 32.7 Å². The van der Waals surface area contributed by atoms with Crippen LogP contribution in [0.1, 0.15) is 47.2 Å². The lowest BCUT2D eigenvalue weighted by Crippen LogP contribution is -2.49. The Hall–Kier alpha value is -2.97. The number of para-hydroxylation sites is 1. The highest BCUT2D eigenvalue weighted by Gasteiger charge is 2.31. The predicted molar refractivity (Wildman–Crippen MR) is 136 cm³/mol. The van der Waals surface area contributed by atoms with Gasteiger partial charge in [0.1, 0.15) is 5.82 Å². The van der Waals surface area contributed by atoms with Crippen LogP contribution in [0.5, 0.6) is 0 Å². The summed E-state index contributed by atoms with van der Waals surface area (Å²) in [7, 11) is -3.54. The van der Waals surface area contributed by atoms with Crippen LogP contribution in [0.15, 0.2) is 53.4 Å². The van der Waals surface area contributed by atoms with Crippen LogP contribution in [0, 0.1) is 0 Å². The lowest BCUT2D eigenvalue weighted by molar-refractivity contribution is 0.0952. The number of aromatic nitrogens is 1. The van der Waals surface area contributed by atoms with Crippen LogP contribution in [0.25, 0.3) is 10.9 Å². The lowest BCUT2D eigenvalue weighted by atomic mass is 9.92. The van der Waals surface area contributed by atoms with E-state index >= 15 is 0 Å². The molecule has 0 atom stereocenters. The van der Waals surface area contributed by atoms with Gasteiger partial charge in [-0.15, -0.1) is 0 Å². The van der Waals surface area contributed by atoms with Crippen molar-refractivity contribution in [2.75, 3.05) is 31.1 Å². The van der Waals surface area contributed by atoms with Crippen molar-refractivity contribution in [3.63, 3.8) is 0 Å². The molecular weight excluding hydrogens is 460 g/mol. The summed E-state index contributed by atoms with van der Waals surface area (Å²) < 4.78 is 28.3. The maximum absolute atomic E-state index is 13.4. The standard InChI is InChI=1S/C27H30N4O3S/c32-27(28-21-10-11-21)24-18-26(29-25-8-4-3-7-23(24)25)30-13-15-31(16-14-30)35(33,34)22-12-9-19-5-1-2-6-20(19)17-22/h3-4,7-9,12,17-18,21H,1-2,5-6,10-11,13-16H2,(H,28,32). The van der Waals surface area contributed by atoms with Gasteiger partial charge in [-0.3, -0.25) is 4.79 Å². The summed E-state index contributed by atoms with van der Waals surface area (Å²) in [5, 5.41) is 3.92. The van der Waals surface area contributed by atoms with Gasteiger partial charge in [0.2, 0.25) is 10.0 Å². The van der Waals surface area contributed by atoms with Crippen molar-refractivity contribution < 1.29 is 13.2 Å². The molecule has 2 heterocycles. The zero-order valence-corrected chi connectivity index (χ0v) is 20.6. The van der Waals surface area contributed by atoms with Gasteiger partial charge in [0.05, 0.1) is 16.0 Å². The third-order valence-corrected chi connectivity index (χ3v) is 9.27. The molecule has 35 heavy (non-hydrogen) atoms. The second-order valence-corrected chi connectivity index (χ2v) is 11.8. The Labute approximate surface area is 206 Å². The molecule has 1 N–H and O–H groups in total. The first kappa shape index (κ1) is 22.5. The number of rotatable bonds is 5. The normalized spacial score (nSPS) is 18.9. The van der Waals surface area contributed by atoms with Gasteiger partial charge in [0, 0.05) is 37.6 Å². The van der Waals surface area contributed by atoms with E-state index in [1.54, 1.807) is 10.4 Å². The molecule has 2 aliphatic carbocycles. The van der Waals surface area contributed by atoms with E-state index in [1.807, 2.05) is 42.5 Å². The number of carbonyl (C=O) groups is 1. The molecule has 0 spiro atoms. The maximum Gasteiger partial charge on any atom is 0.252 e. The smallest absolute Gasteiger partial charge is 0.252 e. The second kappa shape index (κ2) is 8.91. The summed E-state index contributed by atoms with van der Waals surface area (Å²) in [5.41, 5.74) is 3.86. The Morgan fingerprint density at radius 3 is 2.43 bits per heavy atom. The number of carbonyl (C=O) groups excluding carboxylic acids is 1. The number of amides is 1. The first-order valence-corrected chi connectivity index (χ1v) is 14.0. The molecule has 8 heteroatoms. The summed E-state index contributed by atoms with van der Waals surface area (Å²) in [4.78, 5) is 20.2. The average molecular weight is 491 g/mol. The van der Waals surface area contributed by atoms with Gasteiger partial charge in [-0.2, -0.15) is 4.31 Å². The number of hydrogen-bond donors (Lipinski definition) is 1. The quantitative estimate of drug-likeness (QED) is 0.592. The van der Waals surface area contributed by atoms with Gasteiger partial charge in [-0.1, -0.05) is 24.3 Å². The number of nitrogens with zero attached hydrogens (tertiary/aromatic N) is 3. The molecule has 3 aliphatic rings. The van der Waals surface area contributed by atoms with E-state index < -0.39 is 10.0 Å². The molecule has 1 aliphatic heterocycles. The number of hydrogen-bond acceptors (Lipinski definition) is 5. The van der Waals surface area contributed by atoms with E-state index in [2.05, 4.69) is 10.2 Å². The molecule has 0 unspecified atom stereocenters. The predicted octanol–water partition coefficient (Wildman–Crippen LogP) is 3.52. The first-order valence-electron chi connectivity index (χ1n) is 12.6. The molecule has 0 radical (unpaired) electrons. The molecule has 0 bridgehead atoms. The fourth-order valence-electron chi connectivity index (χ4n) is 5.18. The second-order valence-electron chi connectivity index (χ2n) is 9.82. The third kappa shape index (κ3) is 4.41. The summed E-state index contributed by atoms with van der Waals surface area (Å²) >= 11 is 0. The molecule has 182 valence electrons. The molecule has 1 saturated carbocycles. The van der Waals surface area contributed by atoms with Crippen LogP contribution >= 0.6 is 0 Å². The van der Waals surface area contributed by atoms with Gasteiger partial charge >= 0.3 is 0 Å². The van der Waals surface area contributed by atoms with Crippen LogP contribution in [0.3, 0.4) is 0 Å². The van der Waals surface area contributed by atoms with Gasteiger partial charge < -0.3 is 10.2 Å². The molecule has 3 aromatic rings. The van der Waals surface area contributed by atoms with E-state index in [4.69, 9.17) is 4.98 Å². The zero-order chi connectivity index (χ0) is 24.0. The molecule has 2 aromatic carbocycles. The molecular formula is C27H30N4O3S. The summed E-state index contributed by atoms with van der Waals surface area (Å²) in [6.07, 6.45) is 6.34. The van der Waals surface area contributed by atoms with Crippen LogP contribution < -0.4 is 10.2 Å². The molecule has 6 rings (SSSR count). The van der Waals surface area contributed by atoms with Crippen molar-refractivity contribution in [3.05, 3.63) is 65.2 Å². The van der Waals surface area contributed by atoms with Gasteiger partial charge in [-0.25, -0.2) is 13.4 Å². The Morgan fingerprint density at radius 2 is 1.66 bits per heavy atom. The number of benzene rings is 2. The number of anilines is 1. The first-order chi connectivity index (χ1) is 17.0. The Bertz CT molecular complexity index is 1390. The summed E-state index contributed by atoms with van der Waals surface area (Å²) in [5.74, 6) is 0.649. The lowest BCUT2D eigenvalue weighted by Gasteiger charge is -2.35. The molecule has 1 amide bonds. The Balaban J connectivity index is 1.22. The maximum atomic E-state index is 13.4. The summed E-state index contributed by atoms with van der Waals surface area (Å²) in [6.45, 7) is 1.83. The van der Waals surface area contributed by atoms with Crippen molar-refractivity contribution in [2.24, 2.45) is 0 Å². The van der Waals surface area contributed by atoms with Crippen molar-refractivity contribution in [1.82, 2.24) is 14.6 Å². The van der Waals surface area contributed by atoms with Gasteiger partial charge in [-0.05, 0) is 73.9 Å². The summed E-state index contributed by atoms with van der Waals surface area (Å²) in [6, 6.07) is 15.5. The minimum absolute atomic E-state index is 0.0685. The van der Waals surface area contributed by atoms with Gasteiger partial charge in [0.15, 0.2) is 0 Å². The highest BCUT2D eigenvalue weighted by atomic mass is 32.2. The topological polar surface area (TPSA) is 82.6 Å². The SMILES string of the molecule is O=C(NC1CC1)c1cc(N2CCN(S(=O)(=O)c3ccc4c(c3)CCCC4)CC2)nc2ccccc12. The number of piperazine rings is 1. The molecule has 1 aromatic heterocycles. The van der Waals surface area contributed by atoms with E-state index in [-0.39, 0.29) is 11.9 Å². The monoisotopic (exact) mass is 490 g/mol. The minimum Gasteiger partial charge on any atom is -0.354 e. The number of pyridine rings is 1. The van der Waals surface area contributed by atoms with Crippen molar-refractivity contribution in [3.8, 4) is 0 Å². The third-order valence-electron chi connectivity index (χ3n) is 7.38. The van der Waals surface area contributed by atoms with Crippen LogP contribution in [0.4, 0.5) is 5.82 Å². The van der Waals surface area contributed by atoms with E-state index in [0.717, 1.165) is 48.8 Å². The largest absolute Gasteiger partial charge is 0.354 e. The highest BCUT2D eigenvalue weighted by Crippen LogP contribution is 2.28. The fourth-order valence-corrected chi connectivity index (χ4v) is 6.65. The number of aryl methyl sites for hydroxylation is 2. The number of fused-ring (bicyclic) bond motifs is 2. The van der Waals surface area contributed by atoms with E-state index in [0.29, 0.717) is 36.6 Å².